The topological polar surface area (TPSA) is 26.3 Å². The molecular formula is C11H16O2. The Labute approximate surface area is 79.7 Å². The average molecular weight is 180 g/mol. The van der Waals surface area contributed by atoms with E-state index in [1.54, 1.807) is 0 Å². The maximum absolute atomic E-state index is 11.2. The van der Waals surface area contributed by atoms with Crippen molar-refractivity contribution in [1.29, 1.82) is 0 Å². The fraction of sp³-hybridized carbons (Fsp3) is 0.727. The summed E-state index contributed by atoms with van der Waals surface area (Å²) < 4.78 is 5.42. The largest absolute Gasteiger partial charge is 0.378 e. The summed E-state index contributed by atoms with van der Waals surface area (Å²) in [5, 5.41) is 0. The summed E-state index contributed by atoms with van der Waals surface area (Å²) in [6.07, 6.45) is 10.3. The number of hydrogen-bond acceptors (Lipinski definition) is 2. The van der Waals surface area contributed by atoms with Crippen molar-refractivity contribution >= 4 is 5.78 Å². The number of hydrogen-bond donors (Lipinski definition) is 0. The van der Waals surface area contributed by atoms with Crippen LogP contribution >= 0.6 is 0 Å². The lowest BCUT2D eigenvalue weighted by Gasteiger charge is -2.07. The molecule has 2 heteroatoms. The van der Waals surface area contributed by atoms with E-state index >= 15 is 0 Å². The van der Waals surface area contributed by atoms with E-state index in [2.05, 4.69) is 5.92 Å². The van der Waals surface area contributed by atoms with E-state index in [0.29, 0.717) is 25.4 Å². The molecule has 0 aliphatic carbocycles. The SMILES string of the molecule is C#CCCC(=O)CCC1CCCO1. The fourth-order valence-electron chi connectivity index (χ4n) is 1.53. The maximum Gasteiger partial charge on any atom is 0.133 e. The molecule has 1 unspecified atom stereocenters. The molecule has 0 saturated carbocycles. The van der Waals surface area contributed by atoms with Crippen molar-refractivity contribution < 1.29 is 9.53 Å². The zero-order chi connectivity index (χ0) is 9.52. The van der Waals surface area contributed by atoms with Crippen molar-refractivity contribution in [1.82, 2.24) is 0 Å². The molecule has 0 aromatic rings. The molecule has 1 fully saturated rings. The number of ether oxygens (including phenoxy) is 1. The van der Waals surface area contributed by atoms with E-state index in [4.69, 9.17) is 11.2 Å². The third kappa shape index (κ3) is 4.10. The lowest BCUT2D eigenvalue weighted by atomic mass is 10.1. The van der Waals surface area contributed by atoms with Gasteiger partial charge in [0.1, 0.15) is 5.78 Å². The van der Waals surface area contributed by atoms with Gasteiger partial charge in [0.05, 0.1) is 6.10 Å². The molecule has 1 aliphatic heterocycles. The van der Waals surface area contributed by atoms with Gasteiger partial charge < -0.3 is 4.74 Å². The standard InChI is InChI=1S/C11H16O2/c1-2-3-5-10(12)7-8-11-6-4-9-13-11/h1,11H,3-9H2. The zero-order valence-corrected chi connectivity index (χ0v) is 7.92. The second kappa shape index (κ2) is 5.77. The molecule has 0 amide bonds. The van der Waals surface area contributed by atoms with E-state index in [9.17, 15) is 4.79 Å². The van der Waals surface area contributed by atoms with Crippen LogP contribution in [0.25, 0.3) is 0 Å². The molecule has 0 spiro atoms. The normalized spacial score (nSPS) is 21.3. The Balaban J connectivity index is 2.04. The summed E-state index contributed by atoms with van der Waals surface area (Å²) in [5.74, 6) is 2.75. The number of carbonyl (C=O) groups excluding carboxylic acids is 1. The van der Waals surface area contributed by atoms with E-state index < -0.39 is 0 Å². The summed E-state index contributed by atoms with van der Waals surface area (Å²) in [6, 6.07) is 0. The Hall–Kier alpha value is -0.810. The number of ketones is 1. The first-order chi connectivity index (χ1) is 6.33. The molecule has 0 N–H and O–H groups in total. The molecule has 1 heterocycles. The summed E-state index contributed by atoms with van der Waals surface area (Å²) in [5.41, 5.74) is 0. The van der Waals surface area contributed by atoms with Gasteiger partial charge in [-0.2, -0.15) is 0 Å². The Morgan fingerprint density at radius 3 is 3.00 bits per heavy atom. The highest BCUT2D eigenvalue weighted by Crippen LogP contribution is 2.17. The molecule has 1 atom stereocenters. The Kier molecular flexibility index (Phi) is 4.56. The second-order valence-electron chi connectivity index (χ2n) is 3.42. The van der Waals surface area contributed by atoms with Gasteiger partial charge in [0.15, 0.2) is 0 Å². The molecule has 13 heavy (non-hydrogen) atoms. The molecule has 1 saturated heterocycles. The molecule has 0 radical (unpaired) electrons. The summed E-state index contributed by atoms with van der Waals surface area (Å²) in [4.78, 5) is 11.2. The van der Waals surface area contributed by atoms with Crippen molar-refractivity contribution in [2.45, 2.75) is 44.6 Å². The van der Waals surface area contributed by atoms with E-state index in [-0.39, 0.29) is 5.78 Å². The van der Waals surface area contributed by atoms with E-state index in [0.717, 1.165) is 25.9 Å². The van der Waals surface area contributed by atoms with Gasteiger partial charge >= 0.3 is 0 Å². The van der Waals surface area contributed by atoms with Gasteiger partial charge in [-0.1, -0.05) is 0 Å². The zero-order valence-electron chi connectivity index (χ0n) is 7.92. The Morgan fingerprint density at radius 1 is 1.54 bits per heavy atom. The van der Waals surface area contributed by atoms with Crippen LogP contribution in [-0.2, 0) is 9.53 Å². The smallest absolute Gasteiger partial charge is 0.133 e. The summed E-state index contributed by atoms with van der Waals surface area (Å²) in [6.45, 7) is 0.864. The lowest BCUT2D eigenvalue weighted by Crippen LogP contribution is -2.08. The van der Waals surface area contributed by atoms with Crippen LogP contribution in [0, 0.1) is 12.3 Å². The van der Waals surface area contributed by atoms with Crippen molar-refractivity contribution in [2.75, 3.05) is 6.61 Å². The number of rotatable bonds is 5. The van der Waals surface area contributed by atoms with E-state index in [1.165, 1.54) is 0 Å². The molecule has 72 valence electrons. The monoisotopic (exact) mass is 180 g/mol. The first kappa shape index (κ1) is 10.3. The summed E-state index contributed by atoms with van der Waals surface area (Å²) in [7, 11) is 0. The minimum absolute atomic E-state index is 0.272. The van der Waals surface area contributed by atoms with Crippen LogP contribution in [-0.4, -0.2) is 18.5 Å². The Bertz CT molecular complexity index is 197. The third-order valence-electron chi connectivity index (χ3n) is 2.32. The van der Waals surface area contributed by atoms with Crippen LogP contribution in [0.3, 0.4) is 0 Å². The number of Topliss-reactive ketones (excluding diaryl/α,β-unsaturated/α-hetero) is 1. The van der Waals surface area contributed by atoms with Crippen molar-refractivity contribution in [3.05, 3.63) is 0 Å². The van der Waals surface area contributed by atoms with Gasteiger partial charge in [-0.05, 0) is 19.3 Å². The van der Waals surface area contributed by atoms with Crippen LogP contribution in [0.1, 0.15) is 38.5 Å². The highest BCUT2D eigenvalue weighted by Gasteiger charge is 2.16. The van der Waals surface area contributed by atoms with Gasteiger partial charge in [-0.25, -0.2) is 0 Å². The highest BCUT2D eigenvalue weighted by atomic mass is 16.5. The van der Waals surface area contributed by atoms with Crippen LogP contribution in [0.5, 0.6) is 0 Å². The van der Waals surface area contributed by atoms with Gasteiger partial charge in [0.2, 0.25) is 0 Å². The molecule has 1 aliphatic rings. The van der Waals surface area contributed by atoms with Crippen molar-refractivity contribution in [3.8, 4) is 12.3 Å². The van der Waals surface area contributed by atoms with Gasteiger partial charge in [-0.15, -0.1) is 12.3 Å². The second-order valence-corrected chi connectivity index (χ2v) is 3.42. The number of terminal acetylenes is 1. The quantitative estimate of drug-likeness (QED) is 0.604. The van der Waals surface area contributed by atoms with Crippen LogP contribution in [0.15, 0.2) is 0 Å². The van der Waals surface area contributed by atoms with Gasteiger partial charge in [0.25, 0.3) is 0 Å². The lowest BCUT2D eigenvalue weighted by molar-refractivity contribution is -0.119. The first-order valence-corrected chi connectivity index (χ1v) is 4.89. The molecular weight excluding hydrogens is 164 g/mol. The molecule has 1 rings (SSSR count). The predicted octanol–water partition coefficient (Wildman–Crippen LogP) is 1.93. The first-order valence-electron chi connectivity index (χ1n) is 4.89. The number of carbonyl (C=O) groups is 1. The van der Waals surface area contributed by atoms with Gasteiger partial charge in [0, 0.05) is 25.9 Å². The average Bonchev–Trinajstić information content (AvgIpc) is 2.64. The fourth-order valence-corrected chi connectivity index (χ4v) is 1.53. The van der Waals surface area contributed by atoms with Crippen molar-refractivity contribution in [2.24, 2.45) is 0 Å². The maximum atomic E-state index is 11.2. The molecule has 0 aromatic carbocycles. The molecule has 0 aromatic heterocycles. The minimum atomic E-state index is 0.272. The van der Waals surface area contributed by atoms with Crippen molar-refractivity contribution in [3.63, 3.8) is 0 Å². The Morgan fingerprint density at radius 2 is 2.38 bits per heavy atom. The van der Waals surface area contributed by atoms with Gasteiger partial charge in [-0.3, -0.25) is 4.79 Å². The molecule has 2 nitrogen and oxygen atoms in total. The molecule has 0 bridgehead atoms. The predicted molar refractivity (Wildman–Crippen MR) is 51.3 cm³/mol. The van der Waals surface area contributed by atoms with Crippen LogP contribution in [0.4, 0.5) is 0 Å². The van der Waals surface area contributed by atoms with Crippen LogP contribution in [0.2, 0.25) is 0 Å². The third-order valence-corrected chi connectivity index (χ3v) is 2.32. The minimum Gasteiger partial charge on any atom is -0.378 e. The highest BCUT2D eigenvalue weighted by molar-refractivity contribution is 5.78. The van der Waals surface area contributed by atoms with E-state index in [1.807, 2.05) is 0 Å². The summed E-state index contributed by atoms with van der Waals surface area (Å²) >= 11 is 0. The van der Waals surface area contributed by atoms with Crippen LogP contribution < -0.4 is 0 Å².